The van der Waals surface area contributed by atoms with Crippen LogP contribution in [0.5, 0.6) is 0 Å². The third kappa shape index (κ3) is 3.16. The van der Waals surface area contributed by atoms with Gasteiger partial charge < -0.3 is 4.57 Å². The van der Waals surface area contributed by atoms with Crippen molar-refractivity contribution < 1.29 is 0 Å². The molecular weight excluding hydrogens is 240 g/mol. The van der Waals surface area contributed by atoms with Gasteiger partial charge in [0.2, 0.25) is 0 Å². The molecule has 3 heteroatoms. The number of aryl methyl sites for hydroxylation is 1. The average molecular weight is 260 g/mol. The van der Waals surface area contributed by atoms with Crippen LogP contribution in [0.1, 0.15) is 30.7 Å². The molecule has 0 saturated heterocycles. The van der Waals surface area contributed by atoms with Crippen molar-refractivity contribution in [3.05, 3.63) is 54.1 Å². The van der Waals surface area contributed by atoms with Crippen molar-refractivity contribution in [1.29, 1.82) is 0 Å². The summed E-state index contributed by atoms with van der Waals surface area (Å²) in [6, 6.07) is 10.6. The Morgan fingerprint density at radius 2 is 2.06 bits per heavy atom. The first-order valence-corrected chi connectivity index (χ1v) is 7.14. The summed E-state index contributed by atoms with van der Waals surface area (Å²) >= 11 is 4.49. The van der Waals surface area contributed by atoms with E-state index >= 15 is 0 Å². The van der Waals surface area contributed by atoms with Crippen LogP contribution < -0.4 is 0 Å². The SMILES string of the molecule is CCCc1nccn1CC(CS)c1ccccc1. The van der Waals surface area contributed by atoms with Crippen LogP contribution in [0.3, 0.4) is 0 Å². The van der Waals surface area contributed by atoms with Crippen LogP contribution in [0.4, 0.5) is 0 Å². The highest BCUT2D eigenvalue weighted by Crippen LogP contribution is 2.20. The van der Waals surface area contributed by atoms with Crippen LogP contribution >= 0.6 is 12.6 Å². The summed E-state index contributed by atoms with van der Waals surface area (Å²) in [5.41, 5.74) is 1.35. The lowest BCUT2D eigenvalue weighted by Gasteiger charge is -2.17. The van der Waals surface area contributed by atoms with E-state index in [9.17, 15) is 0 Å². The zero-order valence-electron chi connectivity index (χ0n) is 10.8. The number of imidazole rings is 1. The van der Waals surface area contributed by atoms with Gasteiger partial charge in [-0.2, -0.15) is 12.6 Å². The highest BCUT2D eigenvalue weighted by Gasteiger charge is 2.12. The fraction of sp³-hybridized carbons (Fsp3) is 0.400. The van der Waals surface area contributed by atoms with Gasteiger partial charge in [-0.25, -0.2) is 4.98 Å². The maximum Gasteiger partial charge on any atom is 0.108 e. The van der Waals surface area contributed by atoms with Crippen molar-refractivity contribution in [2.45, 2.75) is 32.2 Å². The van der Waals surface area contributed by atoms with Gasteiger partial charge in [-0.05, 0) is 17.7 Å². The molecule has 2 rings (SSSR count). The first kappa shape index (κ1) is 13.2. The molecule has 1 aromatic heterocycles. The van der Waals surface area contributed by atoms with Crippen LogP contribution in [0.2, 0.25) is 0 Å². The lowest BCUT2D eigenvalue weighted by Crippen LogP contribution is -2.12. The molecule has 0 aliphatic rings. The molecule has 0 spiro atoms. The summed E-state index contributed by atoms with van der Waals surface area (Å²) in [4.78, 5) is 4.42. The van der Waals surface area contributed by atoms with Crippen molar-refractivity contribution in [1.82, 2.24) is 9.55 Å². The van der Waals surface area contributed by atoms with Crippen LogP contribution in [-0.2, 0) is 13.0 Å². The Balaban J connectivity index is 2.13. The monoisotopic (exact) mass is 260 g/mol. The fourth-order valence-corrected chi connectivity index (χ4v) is 2.52. The first-order valence-electron chi connectivity index (χ1n) is 6.51. The maximum absolute atomic E-state index is 4.49. The number of nitrogens with zero attached hydrogens (tertiary/aromatic N) is 2. The highest BCUT2D eigenvalue weighted by atomic mass is 32.1. The van der Waals surface area contributed by atoms with Gasteiger partial charge in [-0.1, -0.05) is 37.3 Å². The molecule has 2 aromatic rings. The quantitative estimate of drug-likeness (QED) is 0.786. The smallest absolute Gasteiger partial charge is 0.108 e. The van der Waals surface area contributed by atoms with Crippen molar-refractivity contribution in [2.75, 3.05) is 5.75 Å². The molecule has 0 saturated carbocycles. The summed E-state index contributed by atoms with van der Waals surface area (Å²) in [6.07, 6.45) is 6.14. The molecular formula is C15H20N2S. The van der Waals surface area contributed by atoms with Gasteiger partial charge in [0, 0.05) is 31.3 Å². The lowest BCUT2D eigenvalue weighted by molar-refractivity contribution is 0.575. The Bertz CT molecular complexity index is 464. The molecule has 2 nitrogen and oxygen atoms in total. The van der Waals surface area contributed by atoms with Gasteiger partial charge in [-0.15, -0.1) is 0 Å². The van der Waals surface area contributed by atoms with Gasteiger partial charge in [0.05, 0.1) is 0 Å². The topological polar surface area (TPSA) is 17.8 Å². The Hall–Kier alpha value is -1.22. The summed E-state index contributed by atoms with van der Waals surface area (Å²) in [5.74, 6) is 2.48. The van der Waals surface area contributed by atoms with Crippen molar-refractivity contribution in [3.63, 3.8) is 0 Å². The molecule has 0 amide bonds. The van der Waals surface area contributed by atoms with E-state index in [4.69, 9.17) is 0 Å². The van der Waals surface area contributed by atoms with Crippen LogP contribution in [0.25, 0.3) is 0 Å². The number of hydrogen-bond acceptors (Lipinski definition) is 2. The number of aromatic nitrogens is 2. The molecule has 18 heavy (non-hydrogen) atoms. The maximum atomic E-state index is 4.49. The van der Waals surface area contributed by atoms with Gasteiger partial charge in [0.25, 0.3) is 0 Å². The van der Waals surface area contributed by atoms with E-state index < -0.39 is 0 Å². The minimum Gasteiger partial charge on any atom is -0.334 e. The third-order valence-electron chi connectivity index (χ3n) is 3.18. The molecule has 0 aliphatic carbocycles. The molecule has 0 fully saturated rings. The zero-order valence-corrected chi connectivity index (χ0v) is 11.7. The molecule has 1 heterocycles. The highest BCUT2D eigenvalue weighted by molar-refractivity contribution is 7.80. The fourth-order valence-electron chi connectivity index (χ4n) is 2.19. The van der Waals surface area contributed by atoms with Gasteiger partial charge in [0.1, 0.15) is 5.82 Å². The molecule has 96 valence electrons. The summed E-state index contributed by atoms with van der Waals surface area (Å²) in [6.45, 7) is 3.15. The van der Waals surface area contributed by atoms with E-state index in [1.54, 1.807) is 0 Å². The van der Waals surface area contributed by atoms with Crippen LogP contribution in [-0.4, -0.2) is 15.3 Å². The Kier molecular flexibility index (Phi) is 4.88. The van der Waals surface area contributed by atoms with Crippen molar-refractivity contribution in [2.24, 2.45) is 0 Å². The predicted molar refractivity (Wildman–Crippen MR) is 79.3 cm³/mol. The van der Waals surface area contributed by atoms with Crippen molar-refractivity contribution in [3.8, 4) is 0 Å². The third-order valence-corrected chi connectivity index (χ3v) is 3.62. The van der Waals surface area contributed by atoms with E-state index in [2.05, 4.69) is 65.6 Å². The second-order valence-corrected chi connectivity index (χ2v) is 4.90. The Morgan fingerprint density at radius 1 is 1.28 bits per heavy atom. The normalized spacial score (nSPS) is 12.6. The van der Waals surface area contributed by atoms with E-state index in [1.165, 1.54) is 11.4 Å². The van der Waals surface area contributed by atoms with E-state index in [-0.39, 0.29) is 0 Å². The Labute approximate surface area is 114 Å². The molecule has 0 N–H and O–H groups in total. The molecule has 1 aromatic carbocycles. The summed E-state index contributed by atoms with van der Waals surface area (Å²) in [5, 5.41) is 0. The van der Waals surface area contributed by atoms with Crippen LogP contribution in [0.15, 0.2) is 42.7 Å². The zero-order chi connectivity index (χ0) is 12.8. The number of hydrogen-bond donors (Lipinski definition) is 1. The largest absolute Gasteiger partial charge is 0.334 e. The summed E-state index contributed by atoms with van der Waals surface area (Å²) in [7, 11) is 0. The Morgan fingerprint density at radius 3 is 2.72 bits per heavy atom. The number of thiol groups is 1. The lowest BCUT2D eigenvalue weighted by atomic mass is 10.0. The second kappa shape index (κ2) is 6.64. The molecule has 0 aliphatic heterocycles. The van der Waals surface area contributed by atoms with E-state index in [0.29, 0.717) is 5.92 Å². The summed E-state index contributed by atoms with van der Waals surface area (Å²) < 4.78 is 2.26. The molecule has 0 bridgehead atoms. The average Bonchev–Trinajstić information content (AvgIpc) is 2.85. The number of rotatable bonds is 6. The van der Waals surface area contributed by atoms with Gasteiger partial charge in [-0.3, -0.25) is 0 Å². The second-order valence-electron chi connectivity index (χ2n) is 4.54. The van der Waals surface area contributed by atoms with E-state index in [1.807, 2.05) is 6.20 Å². The van der Waals surface area contributed by atoms with Crippen LogP contribution in [0, 0.1) is 0 Å². The number of benzene rings is 1. The predicted octanol–water partition coefficient (Wildman–Crippen LogP) is 3.55. The molecule has 1 atom stereocenters. The molecule has 1 unspecified atom stereocenters. The van der Waals surface area contributed by atoms with Crippen molar-refractivity contribution >= 4 is 12.6 Å². The van der Waals surface area contributed by atoms with E-state index in [0.717, 1.165) is 25.1 Å². The van der Waals surface area contributed by atoms with Gasteiger partial charge >= 0.3 is 0 Å². The standard InChI is InChI=1S/C15H20N2S/c1-2-6-15-16-9-10-17(15)11-14(12-18)13-7-4-3-5-8-13/h3-5,7-10,14,18H,2,6,11-12H2,1H3. The molecule has 0 radical (unpaired) electrons. The minimum atomic E-state index is 0.444. The minimum absolute atomic E-state index is 0.444. The van der Waals surface area contributed by atoms with Gasteiger partial charge in [0.15, 0.2) is 0 Å². The first-order chi connectivity index (χ1) is 8.85.